The molecular formula is C15H19N3O3. The van der Waals surface area contributed by atoms with Crippen LogP contribution in [0.4, 0.5) is 5.69 Å². The van der Waals surface area contributed by atoms with Crippen molar-refractivity contribution in [3.05, 3.63) is 29.8 Å². The lowest BCUT2D eigenvalue weighted by Crippen LogP contribution is -2.65. The highest BCUT2D eigenvalue weighted by atomic mass is 16.2. The van der Waals surface area contributed by atoms with Gasteiger partial charge in [0.25, 0.3) is 5.91 Å². The molecule has 0 bridgehead atoms. The number of hydrogen-bond donors (Lipinski definition) is 2. The summed E-state index contributed by atoms with van der Waals surface area (Å²) in [6.45, 7) is 3.19. The molecule has 112 valence electrons. The normalized spacial score (nSPS) is 17.5. The molecule has 0 atom stereocenters. The van der Waals surface area contributed by atoms with Crippen LogP contribution in [0, 0.1) is 0 Å². The molecule has 2 rings (SSSR count). The highest BCUT2D eigenvalue weighted by molar-refractivity contribution is 6.06. The second kappa shape index (κ2) is 5.55. The lowest BCUT2D eigenvalue weighted by molar-refractivity contribution is -0.155. The fourth-order valence-electron chi connectivity index (χ4n) is 2.25. The van der Waals surface area contributed by atoms with E-state index >= 15 is 0 Å². The number of nitrogens with two attached hydrogens (primary N) is 1. The molecule has 6 nitrogen and oxygen atoms in total. The van der Waals surface area contributed by atoms with Crippen molar-refractivity contribution in [1.29, 1.82) is 0 Å². The largest absolute Gasteiger partial charge is 0.399 e. The van der Waals surface area contributed by atoms with Crippen molar-refractivity contribution in [2.45, 2.75) is 32.2 Å². The van der Waals surface area contributed by atoms with Gasteiger partial charge < -0.3 is 10.6 Å². The molecule has 1 fully saturated rings. The van der Waals surface area contributed by atoms with Crippen molar-refractivity contribution in [2.24, 2.45) is 0 Å². The second-order valence-corrected chi connectivity index (χ2v) is 5.66. The third kappa shape index (κ3) is 3.21. The minimum atomic E-state index is -1.01. The van der Waals surface area contributed by atoms with Gasteiger partial charge in [-0.05, 0) is 38.0 Å². The van der Waals surface area contributed by atoms with Gasteiger partial charge >= 0.3 is 0 Å². The van der Waals surface area contributed by atoms with Crippen molar-refractivity contribution in [3.8, 4) is 0 Å². The SMILES string of the molecule is CC1(C)C(=O)NC(=O)CN1C(=O)CCc1ccc(N)cc1. The van der Waals surface area contributed by atoms with Crippen LogP contribution in [-0.4, -0.2) is 34.7 Å². The summed E-state index contributed by atoms with van der Waals surface area (Å²) in [5, 5.41) is 2.25. The molecule has 3 amide bonds. The summed E-state index contributed by atoms with van der Waals surface area (Å²) in [6.07, 6.45) is 0.787. The van der Waals surface area contributed by atoms with Crippen molar-refractivity contribution in [3.63, 3.8) is 0 Å². The highest BCUT2D eigenvalue weighted by Crippen LogP contribution is 2.20. The summed E-state index contributed by atoms with van der Waals surface area (Å²) in [4.78, 5) is 36.9. The number of imide groups is 1. The molecule has 0 spiro atoms. The number of anilines is 1. The minimum absolute atomic E-state index is 0.0840. The Morgan fingerprint density at radius 2 is 1.90 bits per heavy atom. The maximum Gasteiger partial charge on any atom is 0.252 e. The second-order valence-electron chi connectivity index (χ2n) is 5.66. The van der Waals surface area contributed by atoms with E-state index in [1.807, 2.05) is 12.1 Å². The monoisotopic (exact) mass is 289 g/mol. The molecular weight excluding hydrogens is 270 g/mol. The quantitative estimate of drug-likeness (QED) is 0.625. The van der Waals surface area contributed by atoms with Crippen LogP contribution in [0.2, 0.25) is 0 Å². The van der Waals surface area contributed by atoms with E-state index in [2.05, 4.69) is 5.32 Å². The molecule has 0 radical (unpaired) electrons. The summed E-state index contributed by atoms with van der Waals surface area (Å²) in [5.41, 5.74) is 6.26. The van der Waals surface area contributed by atoms with Gasteiger partial charge in [-0.1, -0.05) is 12.1 Å². The Kier molecular flexibility index (Phi) is 3.97. The molecule has 1 aliphatic heterocycles. The van der Waals surface area contributed by atoms with Gasteiger partial charge in [-0.25, -0.2) is 0 Å². The van der Waals surface area contributed by atoms with Gasteiger partial charge in [-0.3, -0.25) is 19.7 Å². The molecule has 1 aromatic carbocycles. The van der Waals surface area contributed by atoms with Gasteiger partial charge in [0.15, 0.2) is 0 Å². The Morgan fingerprint density at radius 3 is 2.52 bits per heavy atom. The molecule has 1 aromatic rings. The highest BCUT2D eigenvalue weighted by Gasteiger charge is 2.43. The number of hydrogen-bond acceptors (Lipinski definition) is 4. The van der Waals surface area contributed by atoms with Crippen LogP contribution in [0.3, 0.4) is 0 Å². The first-order chi connectivity index (χ1) is 9.80. The summed E-state index contributed by atoms with van der Waals surface area (Å²) < 4.78 is 0. The average Bonchev–Trinajstić information content (AvgIpc) is 2.42. The Balaban J connectivity index is 2.03. The van der Waals surface area contributed by atoms with E-state index in [1.54, 1.807) is 26.0 Å². The number of amides is 3. The molecule has 0 saturated carbocycles. The Labute approximate surface area is 123 Å². The first-order valence-electron chi connectivity index (χ1n) is 6.80. The predicted molar refractivity (Wildman–Crippen MR) is 78.1 cm³/mol. The number of rotatable bonds is 3. The number of benzene rings is 1. The zero-order chi connectivity index (χ0) is 15.6. The van der Waals surface area contributed by atoms with Gasteiger partial charge in [0.05, 0.1) is 0 Å². The van der Waals surface area contributed by atoms with E-state index in [-0.39, 0.29) is 18.9 Å². The van der Waals surface area contributed by atoms with Crippen LogP contribution in [0.25, 0.3) is 0 Å². The maximum absolute atomic E-state index is 12.3. The molecule has 0 unspecified atom stereocenters. The molecule has 1 saturated heterocycles. The predicted octanol–water partition coefficient (Wildman–Crippen LogP) is 0.465. The van der Waals surface area contributed by atoms with Crippen molar-refractivity contribution >= 4 is 23.4 Å². The summed E-state index contributed by atoms with van der Waals surface area (Å²) in [5.74, 6) is -1.10. The first kappa shape index (κ1) is 15.0. The lowest BCUT2D eigenvalue weighted by Gasteiger charge is -2.40. The third-order valence-corrected chi connectivity index (χ3v) is 3.69. The van der Waals surface area contributed by atoms with Crippen LogP contribution in [0.15, 0.2) is 24.3 Å². The van der Waals surface area contributed by atoms with Gasteiger partial charge in [0, 0.05) is 12.1 Å². The molecule has 0 aliphatic carbocycles. The molecule has 3 N–H and O–H groups in total. The van der Waals surface area contributed by atoms with E-state index in [1.165, 1.54) is 4.90 Å². The number of aryl methyl sites for hydroxylation is 1. The smallest absolute Gasteiger partial charge is 0.252 e. The summed E-state index contributed by atoms with van der Waals surface area (Å²) >= 11 is 0. The van der Waals surface area contributed by atoms with Crippen LogP contribution in [0.5, 0.6) is 0 Å². The van der Waals surface area contributed by atoms with E-state index in [4.69, 9.17) is 5.73 Å². The van der Waals surface area contributed by atoms with Crippen molar-refractivity contribution in [2.75, 3.05) is 12.3 Å². The van der Waals surface area contributed by atoms with Crippen LogP contribution in [-0.2, 0) is 20.8 Å². The molecule has 1 heterocycles. The lowest BCUT2D eigenvalue weighted by atomic mass is 9.97. The van der Waals surface area contributed by atoms with Gasteiger partial charge in [0.2, 0.25) is 11.8 Å². The number of nitrogens with one attached hydrogen (secondary N) is 1. The van der Waals surface area contributed by atoms with Gasteiger partial charge in [-0.2, -0.15) is 0 Å². The van der Waals surface area contributed by atoms with Crippen LogP contribution < -0.4 is 11.1 Å². The Bertz CT molecular complexity index is 578. The van der Waals surface area contributed by atoms with E-state index in [0.29, 0.717) is 12.1 Å². The van der Waals surface area contributed by atoms with E-state index in [0.717, 1.165) is 5.56 Å². The fourth-order valence-corrected chi connectivity index (χ4v) is 2.25. The van der Waals surface area contributed by atoms with Crippen molar-refractivity contribution < 1.29 is 14.4 Å². The molecule has 21 heavy (non-hydrogen) atoms. The number of piperazine rings is 1. The summed E-state index contributed by atoms with van der Waals surface area (Å²) in [7, 11) is 0. The van der Waals surface area contributed by atoms with Gasteiger partial charge in [-0.15, -0.1) is 0 Å². The van der Waals surface area contributed by atoms with Crippen LogP contribution >= 0.6 is 0 Å². The number of carbonyl (C=O) groups excluding carboxylic acids is 3. The molecule has 1 aliphatic rings. The Hall–Kier alpha value is -2.37. The topological polar surface area (TPSA) is 92.5 Å². The molecule has 0 aromatic heterocycles. The number of carbonyl (C=O) groups is 3. The van der Waals surface area contributed by atoms with Gasteiger partial charge in [0.1, 0.15) is 12.1 Å². The minimum Gasteiger partial charge on any atom is -0.399 e. The zero-order valence-corrected chi connectivity index (χ0v) is 12.2. The van der Waals surface area contributed by atoms with E-state index < -0.39 is 17.4 Å². The summed E-state index contributed by atoms with van der Waals surface area (Å²) in [6, 6.07) is 7.28. The van der Waals surface area contributed by atoms with E-state index in [9.17, 15) is 14.4 Å². The Morgan fingerprint density at radius 1 is 1.29 bits per heavy atom. The molecule has 6 heteroatoms. The fraction of sp³-hybridized carbons (Fsp3) is 0.400. The van der Waals surface area contributed by atoms with Crippen molar-refractivity contribution in [1.82, 2.24) is 10.2 Å². The standard InChI is InChI=1S/C15H19N3O3/c1-15(2)14(21)17-12(19)9-18(15)13(20)8-5-10-3-6-11(16)7-4-10/h3-4,6-7H,5,8-9,16H2,1-2H3,(H,17,19,21). The number of nitrogen functional groups attached to an aromatic ring is 1. The zero-order valence-electron chi connectivity index (χ0n) is 12.2. The van der Waals surface area contributed by atoms with Crippen LogP contribution in [0.1, 0.15) is 25.8 Å². The third-order valence-electron chi connectivity index (χ3n) is 3.69. The average molecular weight is 289 g/mol. The maximum atomic E-state index is 12.3. The first-order valence-corrected chi connectivity index (χ1v) is 6.80. The number of nitrogens with zero attached hydrogens (tertiary/aromatic N) is 1.